The Morgan fingerprint density at radius 2 is 1.64 bits per heavy atom. The molecule has 3 N–H and O–H groups in total. The van der Waals surface area contributed by atoms with E-state index >= 15 is 0 Å². The second-order valence-corrected chi connectivity index (χ2v) is 5.23. The largest absolute Gasteiger partial charge is 0.349 e. The van der Waals surface area contributed by atoms with E-state index in [1.807, 2.05) is 0 Å². The Bertz CT molecular complexity index is 860. The number of non-ortho nitro benzene ring substituents is 1. The number of nitro benzene ring substituents is 2. The third-order valence-electron chi connectivity index (χ3n) is 3.59. The van der Waals surface area contributed by atoms with Gasteiger partial charge < -0.3 is 5.32 Å². The van der Waals surface area contributed by atoms with Gasteiger partial charge in [-0.25, -0.2) is 5.48 Å². The maximum Gasteiger partial charge on any atom is 0.300 e. The van der Waals surface area contributed by atoms with Crippen LogP contribution in [0.3, 0.4) is 0 Å². The molecule has 0 saturated carbocycles. The van der Waals surface area contributed by atoms with Crippen molar-refractivity contribution in [2.24, 2.45) is 0 Å². The third kappa shape index (κ3) is 3.53. The summed E-state index contributed by atoms with van der Waals surface area (Å²) in [6, 6.07) is 6.93. The Morgan fingerprint density at radius 3 is 2.12 bits per heavy atom. The van der Waals surface area contributed by atoms with Crippen LogP contribution in [0.5, 0.6) is 0 Å². The Labute approximate surface area is 141 Å². The lowest BCUT2D eigenvalue weighted by Crippen LogP contribution is -2.21. The lowest BCUT2D eigenvalue weighted by atomic mass is 10.1. The smallest absolute Gasteiger partial charge is 0.300 e. The summed E-state index contributed by atoms with van der Waals surface area (Å²) in [5, 5.41) is 34.0. The quantitative estimate of drug-likeness (QED) is 0.428. The highest BCUT2D eigenvalue weighted by atomic mass is 16.6. The number of nitrogens with one attached hydrogen (secondary N) is 2. The molecule has 1 amide bonds. The highest BCUT2D eigenvalue weighted by Crippen LogP contribution is 2.37. The van der Waals surface area contributed by atoms with Crippen LogP contribution in [0.4, 0.5) is 22.7 Å². The Hall–Kier alpha value is -3.53. The van der Waals surface area contributed by atoms with E-state index in [1.54, 1.807) is 32.0 Å². The molecule has 0 fully saturated rings. The van der Waals surface area contributed by atoms with Gasteiger partial charge in [0, 0.05) is 11.8 Å². The van der Waals surface area contributed by atoms with Crippen molar-refractivity contribution in [1.29, 1.82) is 0 Å². The van der Waals surface area contributed by atoms with Crippen LogP contribution in [0, 0.1) is 34.1 Å². The summed E-state index contributed by atoms with van der Waals surface area (Å²) in [4.78, 5) is 32.6. The Kier molecular flexibility index (Phi) is 4.94. The number of hydrogen-bond donors (Lipinski definition) is 3. The van der Waals surface area contributed by atoms with Gasteiger partial charge in [-0.15, -0.1) is 0 Å². The average Bonchev–Trinajstić information content (AvgIpc) is 2.56. The molecular weight excluding hydrogens is 332 g/mol. The molecule has 0 aliphatic heterocycles. The first kappa shape index (κ1) is 17.8. The van der Waals surface area contributed by atoms with Crippen molar-refractivity contribution in [2.75, 3.05) is 5.32 Å². The Balaban J connectivity index is 2.75. The van der Waals surface area contributed by atoms with Crippen LogP contribution in [-0.2, 0) is 0 Å². The van der Waals surface area contributed by atoms with Gasteiger partial charge in [-0.3, -0.25) is 30.2 Å². The number of rotatable bonds is 5. The number of carbonyl (C=O) groups is 1. The molecule has 130 valence electrons. The summed E-state index contributed by atoms with van der Waals surface area (Å²) >= 11 is 0. The predicted octanol–water partition coefficient (Wildman–Crippen LogP) is 2.98. The van der Waals surface area contributed by atoms with Crippen molar-refractivity contribution in [2.45, 2.75) is 13.8 Å². The zero-order chi connectivity index (χ0) is 18.7. The van der Waals surface area contributed by atoms with Crippen LogP contribution in [0.15, 0.2) is 30.3 Å². The molecule has 0 bridgehead atoms. The molecule has 0 atom stereocenters. The van der Waals surface area contributed by atoms with Crippen molar-refractivity contribution in [1.82, 2.24) is 5.48 Å². The van der Waals surface area contributed by atoms with Crippen LogP contribution >= 0.6 is 0 Å². The second-order valence-electron chi connectivity index (χ2n) is 5.23. The van der Waals surface area contributed by atoms with Gasteiger partial charge in [0.25, 0.3) is 17.3 Å². The number of amides is 1. The summed E-state index contributed by atoms with van der Waals surface area (Å²) in [7, 11) is 0. The van der Waals surface area contributed by atoms with Crippen LogP contribution in [0.2, 0.25) is 0 Å². The number of carbonyl (C=O) groups excluding carboxylic acids is 1. The predicted molar refractivity (Wildman–Crippen MR) is 88.2 cm³/mol. The first-order valence-electron chi connectivity index (χ1n) is 7.00. The molecule has 2 aromatic carbocycles. The molecule has 0 unspecified atom stereocenters. The number of benzene rings is 2. The monoisotopic (exact) mass is 346 g/mol. The van der Waals surface area contributed by atoms with E-state index in [9.17, 15) is 25.0 Å². The van der Waals surface area contributed by atoms with E-state index in [0.29, 0.717) is 5.69 Å². The van der Waals surface area contributed by atoms with Crippen molar-refractivity contribution in [3.63, 3.8) is 0 Å². The number of anilines is 2. The van der Waals surface area contributed by atoms with E-state index in [4.69, 9.17) is 5.21 Å². The fraction of sp³-hybridized carbons (Fsp3) is 0.133. The van der Waals surface area contributed by atoms with Crippen molar-refractivity contribution < 1.29 is 19.8 Å². The summed E-state index contributed by atoms with van der Waals surface area (Å²) in [5.74, 6) is -1.11. The van der Waals surface area contributed by atoms with Gasteiger partial charge in [-0.2, -0.15) is 0 Å². The van der Waals surface area contributed by atoms with E-state index in [0.717, 1.165) is 23.3 Å². The number of aryl methyl sites for hydroxylation is 2. The lowest BCUT2D eigenvalue weighted by Gasteiger charge is -2.15. The molecule has 0 spiro atoms. The molecule has 2 rings (SSSR count). The summed E-state index contributed by atoms with van der Waals surface area (Å²) in [6.45, 7) is 3.52. The van der Waals surface area contributed by atoms with E-state index < -0.39 is 32.7 Å². The molecule has 10 nitrogen and oxygen atoms in total. The van der Waals surface area contributed by atoms with Gasteiger partial charge in [0.2, 0.25) is 0 Å². The molecule has 0 aliphatic rings. The number of nitro groups is 2. The lowest BCUT2D eigenvalue weighted by molar-refractivity contribution is -0.393. The number of hydrogen-bond acceptors (Lipinski definition) is 7. The number of para-hydroxylation sites is 1. The summed E-state index contributed by atoms with van der Waals surface area (Å²) in [5.41, 5.74) is 1.40. The molecule has 2 aromatic rings. The summed E-state index contributed by atoms with van der Waals surface area (Å²) in [6.07, 6.45) is 0. The van der Waals surface area contributed by atoms with Crippen molar-refractivity contribution in [3.05, 3.63) is 67.3 Å². The molecule has 0 saturated heterocycles. The average molecular weight is 346 g/mol. The molecule has 0 aromatic heterocycles. The first-order valence-corrected chi connectivity index (χ1v) is 7.00. The molecule has 0 aliphatic carbocycles. The zero-order valence-electron chi connectivity index (χ0n) is 13.3. The van der Waals surface area contributed by atoms with Gasteiger partial charge in [-0.05, 0) is 25.0 Å². The fourth-order valence-corrected chi connectivity index (χ4v) is 2.37. The standard InChI is InChI=1S/C15H14N4O6/c1-8-4-3-5-9(2)13(8)16-14-11(15(20)17-21)6-10(18(22)23)7-12(14)19(24)25/h3-7,16,21H,1-2H3,(H,17,20). The fourth-order valence-electron chi connectivity index (χ4n) is 2.37. The Morgan fingerprint density at radius 1 is 1.04 bits per heavy atom. The number of nitrogens with zero attached hydrogens (tertiary/aromatic N) is 2. The molecular formula is C15H14N4O6. The molecule has 0 radical (unpaired) electrons. The summed E-state index contributed by atoms with van der Waals surface area (Å²) < 4.78 is 0. The molecule has 0 heterocycles. The third-order valence-corrected chi connectivity index (χ3v) is 3.59. The van der Waals surface area contributed by atoms with Gasteiger partial charge >= 0.3 is 0 Å². The topological polar surface area (TPSA) is 148 Å². The van der Waals surface area contributed by atoms with E-state index in [-0.39, 0.29) is 5.69 Å². The number of hydroxylamine groups is 1. The van der Waals surface area contributed by atoms with Crippen molar-refractivity contribution >= 4 is 28.7 Å². The maximum absolute atomic E-state index is 11.9. The highest BCUT2D eigenvalue weighted by Gasteiger charge is 2.28. The van der Waals surface area contributed by atoms with E-state index in [1.165, 1.54) is 5.48 Å². The first-order chi connectivity index (χ1) is 11.8. The molecule has 25 heavy (non-hydrogen) atoms. The zero-order valence-corrected chi connectivity index (χ0v) is 13.3. The van der Waals surface area contributed by atoms with Crippen molar-refractivity contribution in [3.8, 4) is 0 Å². The van der Waals surface area contributed by atoms with Gasteiger partial charge in [0.15, 0.2) is 0 Å². The van der Waals surface area contributed by atoms with Gasteiger partial charge in [0.05, 0.1) is 21.5 Å². The SMILES string of the molecule is Cc1cccc(C)c1Nc1c(C(=O)NO)cc([N+](=O)[O-])cc1[N+](=O)[O-]. The second kappa shape index (κ2) is 6.93. The maximum atomic E-state index is 11.9. The van der Waals surface area contributed by atoms with Crippen LogP contribution < -0.4 is 10.8 Å². The van der Waals surface area contributed by atoms with Crippen LogP contribution in [0.1, 0.15) is 21.5 Å². The van der Waals surface area contributed by atoms with Gasteiger partial charge in [0.1, 0.15) is 5.69 Å². The minimum Gasteiger partial charge on any atom is -0.349 e. The van der Waals surface area contributed by atoms with E-state index in [2.05, 4.69) is 5.32 Å². The molecule has 10 heteroatoms. The highest BCUT2D eigenvalue weighted by molar-refractivity contribution is 6.03. The minimum atomic E-state index is -1.11. The van der Waals surface area contributed by atoms with Gasteiger partial charge in [-0.1, -0.05) is 18.2 Å². The van der Waals surface area contributed by atoms with Crippen LogP contribution in [0.25, 0.3) is 0 Å². The normalized spacial score (nSPS) is 10.2. The minimum absolute atomic E-state index is 0.250. The van der Waals surface area contributed by atoms with Crippen LogP contribution in [-0.4, -0.2) is 21.0 Å².